The van der Waals surface area contributed by atoms with Gasteiger partial charge < -0.3 is 16.3 Å². The van der Waals surface area contributed by atoms with Crippen LogP contribution in [-0.2, 0) is 4.79 Å². The Kier molecular flexibility index (Phi) is 5.11. The van der Waals surface area contributed by atoms with Crippen molar-refractivity contribution in [1.29, 1.82) is 0 Å². The smallest absolute Gasteiger partial charge is 0.234 e. The van der Waals surface area contributed by atoms with Crippen molar-refractivity contribution in [3.63, 3.8) is 0 Å². The fourth-order valence-electron chi connectivity index (χ4n) is 2.33. The number of nitrogens with zero attached hydrogens (tertiary/aromatic N) is 1. The van der Waals surface area contributed by atoms with E-state index in [2.05, 4.69) is 10.5 Å². The highest BCUT2D eigenvalue weighted by atomic mass is 32.2. The molecule has 0 saturated heterocycles. The predicted molar refractivity (Wildman–Crippen MR) is 70.3 cm³/mol. The minimum atomic E-state index is -0.790. The maximum Gasteiger partial charge on any atom is 0.234 e. The molecule has 1 atom stereocenters. The molecule has 1 fully saturated rings. The summed E-state index contributed by atoms with van der Waals surface area (Å²) < 4.78 is 0. The molecule has 1 amide bonds. The minimum absolute atomic E-state index is 0.0452. The fraction of sp³-hybridized carbons (Fsp3) is 0.818. The Morgan fingerprint density at radius 1 is 1.59 bits per heavy atom. The number of hydrogen-bond donors (Lipinski definition) is 3. The van der Waals surface area contributed by atoms with Crippen LogP contribution in [0.4, 0.5) is 0 Å². The van der Waals surface area contributed by atoms with Gasteiger partial charge in [0.05, 0.1) is 0 Å². The maximum atomic E-state index is 12.3. The predicted octanol–water partition coefficient (Wildman–Crippen LogP) is 1.16. The van der Waals surface area contributed by atoms with Crippen LogP contribution in [-0.4, -0.2) is 35.0 Å². The zero-order valence-corrected chi connectivity index (χ0v) is 11.2. The van der Waals surface area contributed by atoms with Gasteiger partial charge in [0.25, 0.3) is 0 Å². The van der Waals surface area contributed by atoms with Gasteiger partial charge in [-0.15, -0.1) is 0 Å². The van der Waals surface area contributed by atoms with Gasteiger partial charge >= 0.3 is 0 Å². The summed E-state index contributed by atoms with van der Waals surface area (Å²) in [7, 11) is 0. The van der Waals surface area contributed by atoms with Crippen molar-refractivity contribution < 1.29 is 10.0 Å². The minimum Gasteiger partial charge on any atom is -0.409 e. The molecule has 0 bridgehead atoms. The number of hydrogen-bond acceptors (Lipinski definition) is 4. The topological polar surface area (TPSA) is 87.7 Å². The van der Waals surface area contributed by atoms with E-state index in [9.17, 15) is 4.79 Å². The standard InChI is InChI=1S/C11H21N3O2S/c1-8(7-17-2)13-10(15)11(9(12)14-16)5-3-4-6-11/h8,16H,3-7H2,1-2H3,(H2,12,14)(H,13,15). The Bertz CT molecular complexity index is 301. The molecule has 1 rings (SSSR count). The quantitative estimate of drug-likeness (QED) is 0.299. The highest BCUT2D eigenvalue weighted by Crippen LogP contribution is 2.38. The molecule has 0 aromatic heterocycles. The van der Waals surface area contributed by atoms with Crippen molar-refractivity contribution in [3.05, 3.63) is 0 Å². The SMILES string of the molecule is CSCC(C)NC(=O)C1(C(N)=NO)CCCC1. The Labute approximate surface area is 106 Å². The Morgan fingerprint density at radius 2 is 2.18 bits per heavy atom. The molecule has 0 heterocycles. The van der Waals surface area contributed by atoms with Crippen molar-refractivity contribution in [3.8, 4) is 0 Å². The lowest BCUT2D eigenvalue weighted by atomic mass is 9.83. The zero-order chi connectivity index (χ0) is 12.9. The van der Waals surface area contributed by atoms with E-state index >= 15 is 0 Å². The first-order valence-electron chi connectivity index (χ1n) is 5.84. The number of amidine groups is 1. The van der Waals surface area contributed by atoms with Crippen LogP contribution in [0.2, 0.25) is 0 Å². The van der Waals surface area contributed by atoms with E-state index in [1.807, 2.05) is 13.2 Å². The highest BCUT2D eigenvalue weighted by Gasteiger charge is 2.45. The summed E-state index contributed by atoms with van der Waals surface area (Å²) in [4.78, 5) is 12.3. The molecule has 98 valence electrons. The van der Waals surface area contributed by atoms with Gasteiger partial charge in [0.2, 0.25) is 5.91 Å². The van der Waals surface area contributed by atoms with E-state index in [-0.39, 0.29) is 17.8 Å². The molecule has 0 aliphatic heterocycles. The number of carbonyl (C=O) groups excluding carboxylic acids is 1. The second-order valence-electron chi connectivity index (χ2n) is 4.60. The zero-order valence-electron chi connectivity index (χ0n) is 10.4. The van der Waals surface area contributed by atoms with E-state index in [4.69, 9.17) is 10.9 Å². The molecule has 1 unspecified atom stereocenters. The molecule has 5 nitrogen and oxygen atoms in total. The number of carbonyl (C=O) groups is 1. The number of rotatable bonds is 5. The van der Waals surface area contributed by atoms with Gasteiger partial charge in [0.15, 0.2) is 5.84 Å². The van der Waals surface area contributed by atoms with Gasteiger partial charge in [-0.3, -0.25) is 4.79 Å². The number of amides is 1. The molecule has 17 heavy (non-hydrogen) atoms. The molecule has 6 heteroatoms. The molecule has 1 aliphatic carbocycles. The molecule has 0 aromatic carbocycles. The summed E-state index contributed by atoms with van der Waals surface area (Å²) in [5.41, 5.74) is 4.91. The van der Waals surface area contributed by atoms with Crippen molar-refractivity contribution in [2.24, 2.45) is 16.3 Å². The molecular weight excluding hydrogens is 238 g/mol. The van der Waals surface area contributed by atoms with E-state index in [1.54, 1.807) is 11.8 Å². The molecule has 1 saturated carbocycles. The Morgan fingerprint density at radius 3 is 2.65 bits per heavy atom. The van der Waals surface area contributed by atoms with Gasteiger partial charge in [-0.2, -0.15) is 11.8 Å². The van der Waals surface area contributed by atoms with Gasteiger partial charge in [-0.25, -0.2) is 0 Å². The van der Waals surface area contributed by atoms with E-state index in [1.165, 1.54) is 0 Å². The summed E-state index contributed by atoms with van der Waals surface area (Å²) in [6, 6.07) is 0.0986. The normalized spacial score (nSPS) is 21.2. The molecule has 0 aromatic rings. The Hall–Kier alpha value is -0.910. The first-order valence-corrected chi connectivity index (χ1v) is 7.24. The second-order valence-corrected chi connectivity index (χ2v) is 5.51. The molecular formula is C11H21N3O2S. The van der Waals surface area contributed by atoms with Crippen LogP contribution in [0, 0.1) is 5.41 Å². The van der Waals surface area contributed by atoms with Crippen LogP contribution >= 0.6 is 11.8 Å². The summed E-state index contributed by atoms with van der Waals surface area (Å²) in [6.07, 6.45) is 5.22. The average Bonchev–Trinajstić information content (AvgIpc) is 2.78. The molecule has 0 radical (unpaired) electrons. The maximum absolute atomic E-state index is 12.3. The van der Waals surface area contributed by atoms with E-state index in [0.29, 0.717) is 12.8 Å². The van der Waals surface area contributed by atoms with Crippen LogP contribution < -0.4 is 11.1 Å². The third kappa shape index (κ3) is 3.06. The number of oxime groups is 1. The summed E-state index contributed by atoms with van der Waals surface area (Å²) >= 11 is 1.68. The fourth-order valence-corrected chi connectivity index (χ4v) is 2.91. The van der Waals surface area contributed by atoms with Crippen LogP contribution in [0.3, 0.4) is 0 Å². The largest absolute Gasteiger partial charge is 0.409 e. The third-order valence-corrected chi connectivity index (χ3v) is 4.12. The Balaban J connectivity index is 2.75. The summed E-state index contributed by atoms with van der Waals surface area (Å²) in [6.45, 7) is 1.96. The van der Waals surface area contributed by atoms with E-state index in [0.717, 1.165) is 18.6 Å². The lowest BCUT2D eigenvalue weighted by Crippen LogP contribution is -2.50. The second kappa shape index (κ2) is 6.14. The molecule has 0 spiro atoms. The van der Waals surface area contributed by atoms with Crippen LogP contribution in [0.25, 0.3) is 0 Å². The average molecular weight is 259 g/mol. The first-order chi connectivity index (χ1) is 8.06. The molecule has 1 aliphatic rings. The van der Waals surface area contributed by atoms with Gasteiger partial charge in [0, 0.05) is 11.8 Å². The van der Waals surface area contributed by atoms with Crippen molar-refractivity contribution in [2.45, 2.75) is 38.6 Å². The van der Waals surface area contributed by atoms with Crippen LogP contribution in [0.5, 0.6) is 0 Å². The van der Waals surface area contributed by atoms with Gasteiger partial charge in [-0.05, 0) is 26.0 Å². The van der Waals surface area contributed by atoms with Crippen molar-refractivity contribution in [1.82, 2.24) is 5.32 Å². The first kappa shape index (κ1) is 14.2. The lowest BCUT2D eigenvalue weighted by molar-refractivity contribution is -0.127. The third-order valence-electron chi connectivity index (χ3n) is 3.28. The summed E-state index contributed by atoms with van der Waals surface area (Å²) in [5, 5.41) is 14.8. The highest BCUT2D eigenvalue weighted by molar-refractivity contribution is 7.98. The van der Waals surface area contributed by atoms with E-state index < -0.39 is 5.41 Å². The summed E-state index contributed by atoms with van der Waals surface area (Å²) in [5.74, 6) is 0.800. The number of nitrogens with one attached hydrogen (secondary N) is 1. The van der Waals surface area contributed by atoms with Crippen molar-refractivity contribution >= 4 is 23.5 Å². The molecule has 4 N–H and O–H groups in total. The number of thioether (sulfide) groups is 1. The van der Waals surface area contributed by atoms with Gasteiger partial charge in [0.1, 0.15) is 5.41 Å². The van der Waals surface area contributed by atoms with Gasteiger partial charge in [-0.1, -0.05) is 18.0 Å². The number of nitrogens with two attached hydrogens (primary N) is 1. The monoisotopic (exact) mass is 259 g/mol. The van der Waals surface area contributed by atoms with Crippen molar-refractivity contribution in [2.75, 3.05) is 12.0 Å². The van der Waals surface area contributed by atoms with Crippen LogP contribution in [0.15, 0.2) is 5.16 Å². The van der Waals surface area contributed by atoms with Crippen LogP contribution in [0.1, 0.15) is 32.6 Å². The lowest BCUT2D eigenvalue weighted by Gasteiger charge is -2.27.